The molecule has 1 unspecified atom stereocenters. The van der Waals surface area contributed by atoms with E-state index in [0.29, 0.717) is 6.61 Å². The molecular weight excluding hydrogens is 240 g/mol. The Bertz CT molecular complexity index is 341. The highest BCUT2D eigenvalue weighted by molar-refractivity contribution is 4.97. The molecule has 0 aromatic carbocycles. The van der Waals surface area contributed by atoms with Crippen molar-refractivity contribution in [2.24, 2.45) is 0 Å². The number of hydrogen-bond acceptors (Lipinski definition) is 6. The normalized spacial score (nSPS) is 49.5. The number of aliphatic hydroxyl groups excluding tert-OH is 1. The van der Waals surface area contributed by atoms with Crippen LogP contribution in [-0.4, -0.2) is 54.0 Å². The van der Waals surface area contributed by atoms with Crippen LogP contribution in [0.2, 0.25) is 0 Å². The molecule has 0 aromatic heterocycles. The number of fused-ring (bicyclic) bond motifs is 1. The molecule has 5 atom stereocenters. The standard InChI is InChI=1S/C12H20O6/c1-11(2)14-5-6(16-11)8-7(13)9-10(15-8)18-12(3,4)17-9/h6-10,13H,5H2,1-4H3/t6-,7-,8-,9-,10?/m1/s1. The van der Waals surface area contributed by atoms with E-state index in [0.717, 1.165) is 0 Å². The van der Waals surface area contributed by atoms with Gasteiger partial charge in [-0.2, -0.15) is 0 Å². The summed E-state index contributed by atoms with van der Waals surface area (Å²) in [7, 11) is 0. The lowest BCUT2D eigenvalue weighted by Crippen LogP contribution is -2.42. The third-order valence-electron chi connectivity index (χ3n) is 3.45. The summed E-state index contributed by atoms with van der Waals surface area (Å²) in [5, 5.41) is 10.3. The summed E-state index contributed by atoms with van der Waals surface area (Å²) in [6.07, 6.45) is -2.53. The zero-order chi connectivity index (χ0) is 13.1. The van der Waals surface area contributed by atoms with E-state index < -0.39 is 36.2 Å². The molecule has 3 aliphatic heterocycles. The van der Waals surface area contributed by atoms with Crippen LogP contribution in [0.4, 0.5) is 0 Å². The topological polar surface area (TPSA) is 66.4 Å². The van der Waals surface area contributed by atoms with Gasteiger partial charge >= 0.3 is 0 Å². The molecule has 0 bridgehead atoms. The maximum absolute atomic E-state index is 10.3. The summed E-state index contributed by atoms with van der Waals surface area (Å²) < 4.78 is 28.1. The smallest absolute Gasteiger partial charge is 0.190 e. The molecule has 3 fully saturated rings. The van der Waals surface area contributed by atoms with Gasteiger partial charge in [-0.25, -0.2) is 0 Å². The lowest BCUT2D eigenvalue weighted by Gasteiger charge is -2.26. The average molecular weight is 260 g/mol. The zero-order valence-electron chi connectivity index (χ0n) is 11.1. The van der Waals surface area contributed by atoms with Gasteiger partial charge in [-0.05, 0) is 27.7 Å². The second-order valence-corrected chi connectivity index (χ2v) is 5.93. The molecular formula is C12H20O6. The Morgan fingerprint density at radius 1 is 0.944 bits per heavy atom. The van der Waals surface area contributed by atoms with Crippen molar-refractivity contribution in [3.05, 3.63) is 0 Å². The fourth-order valence-corrected chi connectivity index (χ4v) is 2.70. The second-order valence-electron chi connectivity index (χ2n) is 5.93. The Kier molecular flexibility index (Phi) is 2.75. The summed E-state index contributed by atoms with van der Waals surface area (Å²) in [4.78, 5) is 0. The molecule has 1 N–H and O–H groups in total. The molecule has 3 rings (SSSR count). The van der Waals surface area contributed by atoms with E-state index in [4.69, 9.17) is 23.7 Å². The first-order chi connectivity index (χ1) is 8.27. The maximum Gasteiger partial charge on any atom is 0.190 e. The summed E-state index contributed by atoms with van der Waals surface area (Å²) in [5.74, 6) is -1.35. The quantitative estimate of drug-likeness (QED) is 0.735. The lowest BCUT2D eigenvalue weighted by molar-refractivity contribution is -0.232. The number of hydrogen-bond donors (Lipinski definition) is 1. The Balaban J connectivity index is 1.68. The fourth-order valence-electron chi connectivity index (χ4n) is 2.70. The van der Waals surface area contributed by atoms with E-state index in [9.17, 15) is 5.11 Å². The zero-order valence-corrected chi connectivity index (χ0v) is 11.1. The first kappa shape index (κ1) is 12.8. The van der Waals surface area contributed by atoms with E-state index in [1.807, 2.05) is 13.8 Å². The minimum Gasteiger partial charge on any atom is -0.387 e. The summed E-state index contributed by atoms with van der Waals surface area (Å²) in [6, 6.07) is 0. The van der Waals surface area contributed by atoms with Gasteiger partial charge in [-0.3, -0.25) is 0 Å². The average Bonchev–Trinajstić information content (AvgIpc) is 2.81. The molecule has 0 amide bonds. The number of aliphatic hydroxyl groups is 1. The van der Waals surface area contributed by atoms with Crippen LogP contribution < -0.4 is 0 Å². The van der Waals surface area contributed by atoms with Crippen molar-refractivity contribution in [3.8, 4) is 0 Å². The Morgan fingerprint density at radius 2 is 1.67 bits per heavy atom. The molecule has 3 saturated heterocycles. The molecule has 0 aliphatic carbocycles. The van der Waals surface area contributed by atoms with Crippen LogP contribution >= 0.6 is 0 Å². The summed E-state index contributed by atoms with van der Waals surface area (Å²) >= 11 is 0. The van der Waals surface area contributed by atoms with Crippen LogP contribution in [0.1, 0.15) is 27.7 Å². The lowest BCUT2D eigenvalue weighted by atomic mass is 10.1. The Hall–Kier alpha value is -0.240. The molecule has 0 spiro atoms. The van der Waals surface area contributed by atoms with E-state index in [1.165, 1.54) is 0 Å². The van der Waals surface area contributed by atoms with Crippen LogP contribution in [-0.2, 0) is 23.7 Å². The number of ether oxygens (including phenoxy) is 5. The fraction of sp³-hybridized carbons (Fsp3) is 1.00. The van der Waals surface area contributed by atoms with Gasteiger partial charge in [0, 0.05) is 0 Å². The van der Waals surface area contributed by atoms with E-state index in [1.54, 1.807) is 13.8 Å². The third kappa shape index (κ3) is 2.07. The van der Waals surface area contributed by atoms with E-state index in [-0.39, 0.29) is 6.10 Å². The molecule has 6 nitrogen and oxygen atoms in total. The highest BCUT2D eigenvalue weighted by atomic mass is 16.8. The summed E-state index contributed by atoms with van der Waals surface area (Å²) in [6.45, 7) is 7.68. The largest absolute Gasteiger partial charge is 0.387 e. The van der Waals surface area contributed by atoms with Crippen LogP contribution in [0.3, 0.4) is 0 Å². The molecule has 104 valence electrons. The van der Waals surface area contributed by atoms with Crippen molar-refractivity contribution in [1.82, 2.24) is 0 Å². The minimum atomic E-state index is -0.765. The van der Waals surface area contributed by atoms with Crippen molar-refractivity contribution in [2.45, 2.75) is 70.0 Å². The molecule has 0 saturated carbocycles. The minimum absolute atomic E-state index is 0.295. The first-order valence-corrected chi connectivity index (χ1v) is 6.28. The first-order valence-electron chi connectivity index (χ1n) is 6.28. The third-order valence-corrected chi connectivity index (χ3v) is 3.45. The van der Waals surface area contributed by atoms with Gasteiger partial charge in [0.2, 0.25) is 0 Å². The van der Waals surface area contributed by atoms with Crippen molar-refractivity contribution < 1.29 is 28.8 Å². The van der Waals surface area contributed by atoms with Gasteiger partial charge in [0.25, 0.3) is 0 Å². The summed E-state index contributed by atoms with van der Waals surface area (Å²) in [5.41, 5.74) is 0. The van der Waals surface area contributed by atoms with Gasteiger partial charge in [-0.1, -0.05) is 0 Å². The van der Waals surface area contributed by atoms with Gasteiger partial charge in [0.05, 0.1) is 6.61 Å². The van der Waals surface area contributed by atoms with E-state index >= 15 is 0 Å². The molecule has 3 heterocycles. The Labute approximate surface area is 106 Å². The predicted molar refractivity (Wildman–Crippen MR) is 59.6 cm³/mol. The van der Waals surface area contributed by atoms with Crippen LogP contribution in [0.5, 0.6) is 0 Å². The highest BCUT2D eigenvalue weighted by Crippen LogP contribution is 2.40. The van der Waals surface area contributed by atoms with Crippen molar-refractivity contribution in [1.29, 1.82) is 0 Å². The molecule has 3 aliphatic rings. The Morgan fingerprint density at radius 3 is 2.22 bits per heavy atom. The van der Waals surface area contributed by atoms with Crippen molar-refractivity contribution in [3.63, 3.8) is 0 Å². The van der Waals surface area contributed by atoms with Crippen molar-refractivity contribution in [2.75, 3.05) is 6.61 Å². The van der Waals surface area contributed by atoms with E-state index in [2.05, 4.69) is 0 Å². The number of rotatable bonds is 1. The van der Waals surface area contributed by atoms with Crippen LogP contribution in [0, 0.1) is 0 Å². The van der Waals surface area contributed by atoms with Gasteiger partial charge < -0.3 is 28.8 Å². The SMILES string of the molecule is CC1(C)OC[C@H]([C@H]2OC3OC(C)(C)O[C@@H]3[C@@H]2O)O1. The predicted octanol–water partition coefficient (Wildman–Crippen LogP) is 0.375. The monoisotopic (exact) mass is 260 g/mol. The highest BCUT2D eigenvalue weighted by Gasteiger charge is 2.57. The van der Waals surface area contributed by atoms with Gasteiger partial charge in [0.15, 0.2) is 17.9 Å². The second kappa shape index (κ2) is 3.88. The maximum atomic E-state index is 10.3. The van der Waals surface area contributed by atoms with Crippen molar-refractivity contribution >= 4 is 0 Å². The molecule has 6 heteroatoms. The molecule has 18 heavy (non-hydrogen) atoms. The van der Waals surface area contributed by atoms with Gasteiger partial charge in [0.1, 0.15) is 24.4 Å². The van der Waals surface area contributed by atoms with Crippen LogP contribution in [0.15, 0.2) is 0 Å². The van der Waals surface area contributed by atoms with Crippen LogP contribution in [0.25, 0.3) is 0 Å². The van der Waals surface area contributed by atoms with Gasteiger partial charge in [-0.15, -0.1) is 0 Å². The molecule has 0 radical (unpaired) electrons. The molecule has 0 aromatic rings.